The third-order valence-electron chi connectivity index (χ3n) is 4.10. The molecule has 0 aliphatic rings. The molecule has 2 rings (SSSR count). The van der Waals surface area contributed by atoms with Gasteiger partial charge in [0.15, 0.2) is 11.6 Å². The van der Waals surface area contributed by atoms with Gasteiger partial charge in [0.1, 0.15) is 0 Å². The summed E-state index contributed by atoms with van der Waals surface area (Å²) in [6.45, 7) is 0. The van der Waals surface area contributed by atoms with Gasteiger partial charge in [0.2, 0.25) is 0 Å². The fraction of sp³-hybridized carbons (Fsp3) is 0.238. The Bertz CT molecular complexity index is 732. The highest BCUT2D eigenvalue weighted by atomic mass is 16.1. The molecule has 0 saturated carbocycles. The third-order valence-corrected chi connectivity index (χ3v) is 4.10. The Balaban J connectivity index is 2.22. The number of nitriles is 2. The summed E-state index contributed by atoms with van der Waals surface area (Å²) in [7, 11) is 0. The molecule has 25 heavy (non-hydrogen) atoms. The van der Waals surface area contributed by atoms with E-state index in [2.05, 4.69) is 0 Å². The van der Waals surface area contributed by atoms with Crippen molar-refractivity contribution in [2.75, 3.05) is 0 Å². The summed E-state index contributed by atoms with van der Waals surface area (Å²) in [5.41, 5.74) is 1.04. The van der Waals surface area contributed by atoms with Gasteiger partial charge in [-0.15, -0.1) is 0 Å². The number of benzene rings is 2. The highest BCUT2D eigenvalue weighted by Gasteiger charge is 2.28. The average molecular weight is 330 g/mol. The maximum absolute atomic E-state index is 12.7. The Kier molecular flexibility index (Phi) is 6.63. The van der Waals surface area contributed by atoms with Gasteiger partial charge in [0.25, 0.3) is 0 Å². The Morgan fingerprint density at radius 3 is 1.40 bits per heavy atom. The van der Waals surface area contributed by atoms with Crippen molar-refractivity contribution in [1.29, 1.82) is 10.5 Å². The molecule has 0 amide bonds. The number of carbonyl (C=O) groups excluding carboxylic acids is 2. The van der Waals surface area contributed by atoms with E-state index in [0.717, 1.165) is 0 Å². The van der Waals surface area contributed by atoms with E-state index in [1.165, 1.54) is 0 Å². The molecule has 0 spiro atoms. The lowest BCUT2D eigenvalue weighted by Gasteiger charge is -2.19. The SMILES string of the molecule is N#CC[C@@H](C[C@H](CC#N)C(=O)c1ccccc1)C(=O)c1ccccc1. The molecule has 0 aromatic heterocycles. The van der Waals surface area contributed by atoms with Crippen LogP contribution in [0.2, 0.25) is 0 Å². The number of hydrogen-bond donors (Lipinski definition) is 0. The average Bonchev–Trinajstić information content (AvgIpc) is 2.67. The molecule has 0 aliphatic heterocycles. The normalized spacial score (nSPS) is 12.4. The van der Waals surface area contributed by atoms with Crippen molar-refractivity contribution < 1.29 is 9.59 Å². The molecular weight excluding hydrogens is 312 g/mol. The standard InChI is InChI=1S/C21H18N2O2/c22-13-11-18(20(24)16-7-3-1-4-8-16)15-19(12-14-23)21(25)17-9-5-2-6-10-17/h1-10,18-19H,11-12,15H2/t18-,19-/m0/s1. The number of hydrogen-bond acceptors (Lipinski definition) is 4. The number of Topliss-reactive ketones (excluding diaryl/α,β-unsaturated/α-hetero) is 2. The van der Waals surface area contributed by atoms with Crippen molar-refractivity contribution in [3.63, 3.8) is 0 Å². The smallest absolute Gasteiger partial charge is 0.166 e. The van der Waals surface area contributed by atoms with Crippen LogP contribution in [0.15, 0.2) is 60.7 Å². The Hall–Kier alpha value is -3.24. The Labute approximate surface area is 147 Å². The van der Waals surface area contributed by atoms with E-state index in [9.17, 15) is 9.59 Å². The van der Waals surface area contributed by atoms with Crippen LogP contribution in [0.3, 0.4) is 0 Å². The van der Waals surface area contributed by atoms with Gasteiger partial charge >= 0.3 is 0 Å². The molecule has 0 heterocycles. The minimum Gasteiger partial charge on any atom is -0.294 e. The summed E-state index contributed by atoms with van der Waals surface area (Å²) >= 11 is 0. The van der Waals surface area contributed by atoms with Crippen LogP contribution in [0.25, 0.3) is 0 Å². The summed E-state index contributed by atoms with van der Waals surface area (Å²) in [5, 5.41) is 18.2. The molecule has 4 nitrogen and oxygen atoms in total. The molecule has 0 N–H and O–H groups in total. The van der Waals surface area contributed by atoms with E-state index in [-0.39, 0.29) is 30.8 Å². The summed E-state index contributed by atoms with van der Waals surface area (Å²) < 4.78 is 0. The lowest BCUT2D eigenvalue weighted by atomic mass is 9.82. The number of carbonyl (C=O) groups is 2. The van der Waals surface area contributed by atoms with Crippen LogP contribution in [0.5, 0.6) is 0 Å². The zero-order valence-electron chi connectivity index (χ0n) is 13.8. The molecule has 0 fully saturated rings. The molecular formula is C21H18N2O2. The van der Waals surface area contributed by atoms with E-state index in [1.807, 2.05) is 24.3 Å². The topological polar surface area (TPSA) is 81.7 Å². The Morgan fingerprint density at radius 1 is 0.720 bits per heavy atom. The van der Waals surface area contributed by atoms with Gasteiger partial charge < -0.3 is 0 Å². The molecule has 0 radical (unpaired) electrons. The van der Waals surface area contributed by atoms with Gasteiger partial charge in [0.05, 0.1) is 12.1 Å². The highest BCUT2D eigenvalue weighted by molar-refractivity contribution is 6.00. The molecule has 2 atom stereocenters. The minimum absolute atomic E-state index is 0.0255. The van der Waals surface area contributed by atoms with E-state index >= 15 is 0 Å². The fourth-order valence-electron chi connectivity index (χ4n) is 2.81. The molecule has 0 unspecified atom stereocenters. The number of ketones is 2. The summed E-state index contributed by atoms with van der Waals surface area (Å²) in [5.74, 6) is -1.52. The zero-order valence-corrected chi connectivity index (χ0v) is 13.8. The first-order valence-electron chi connectivity index (χ1n) is 8.09. The predicted octanol–water partition coefficient (Wildman–Crippen LogP) is 4.20. The molecule has 2 aromatic rings. The van der Waals surface area contributed by atoms with Crippen LogP contribution in [0.1, 0.15) is 40.0 Å². The Morgan fingerprint density at radius 2 is 1.08 bits per heavy atom. The van der Waals surface area contributed by atoms with Crippen molar-refractivity contribution in [2.45, 2.75) is 19.3 Å². The predicted molar refractivity (Wildman–Crippen MR) is 93.6 cm³/mol. The van der Waals surface area contributed by atoms with E-state index < -0.39 is 11.8 Å². The van der Waals surface area contributed by atoms with Gasteiger partial charge in [-0.25, -0.2) is 0 Å². The van der Waals surface area contributed by atoms with Crippen molar-refractivity contribution >= 4 is 11.6 Å². The first kappa shape index (κ1) is 18.1. The van der Waals surface area contributed by atoms with E-state index in [1.54, 1.807) is 48.5 Å². The lowest BCUT2D eigenvalue weighted by molar-refractivity contribution is 0.0851. The van der Waals surface area contributed by atoms with Crippen molar-refractivity contribution in [3.05, 3.63) is 71.8 Å². The van der Waals surface area contributed by atoms with Crippen LogP contribution in [-0.2, 0) is 0 Å². The second kappa shape index (κ2) is 9.15. The summed E-state index contributed by atoms with van der Waals surface area (Å²) in [6.07, 6.45) is 0.248. The van der Waals surface area contributed by atoms with Crippen LogP contribution < -0.4 is 0 Å². The molecule has 0 aliphatic carbocycles. The van der Waals surface area contributed by atoms with Crippen LogP contribution in [0.4, 0.5) is 0 Å². The van der Waals surface area contributed by atoms with Gasteiger partial charge in [-0.3, -0.25) is 9.59 Å². The van der Waals surface area contributed by atoms with Crippen molar-refractivity contribution in [3.8, 4) is 12.1 Å². The summed E-state index contributed by atoms with van der Waals surface area (Å²) in [6, 6.07) is 21.5. The zero-order chi connectivity index (χ0) is 18.1. The largest absolute Gasteiger partial charge is 0.294 e. The molecule has 0 saturated heterocycles. The quantitative estimate of drug-likeness (QED) is 0.679. The lowest BCUT2D eigenvalue weighted by Crippen LogP contribution is -2.23. The molecule has 2 aromatic carbocycles. The van der Waals surface area contributed by atoms with Gasteiger partial charge in [-0.1, -0.05) is 60.7 Å². The van der Waals surface area contributed by atoms with Crippen LogP contribution in [-0.4, -0.2) is 11.6 Å². The van der Waals surface area contributed by atoms with Crippen molar-refractivity contribution in [1.82, 2.24) is 0 Å². The summed E-state index contributed by atoms with van der Waals surface area (Å²) in [4.78, 5) is 25.4. The first-order valence-corrected chi connectivity index (χ1v) is 8.09. The van der Waals surface area contributed by atoms with E-state index in [4.69, 9.17) is 10.5 Å². The highest BCUT2D eigenvalue weighted by Crippen LogP contribution is 2.25. The number of rotatable bonds is 8. The minimum atomic E-state index is -0.599. The second-order valence-electron chi connectivity index (χ2n) is 5.81. The monoisotopic (exact) mass is 330 g/mol. The van der Waals surface area contributed by atoms with E-state index in [0.29, 0.717) is 11.1 Å². The van der Waals surface area contributed by atoms with Gasteiger partial charge in [-0.2, -0.15) is 10.5 Å². The van der Waals surface area contributed by atoms with Crippen LogP contribution in [0, 0.1) is 34.5 Å². The maximum Gasteiger partial charge on any atom is 0.166 e. The maximum atomic E-state index is 12.7. The molecule has 0 bridgehead atoms. The second-order valence-corrected chi connectivity index (χ2v) is 5.81. The van der Waals surface area contributed by atoms with Crippen LogP contribution >= 0.6 is 0 Å². The number of nitrogens with zero attached hydrogens (tertiary/aromatic N) is 2. The van der Waals surface area contributed by atoms with Crippen molar-refractivity contribution in [2.24, 2.45) is 11.8 Å². The first-order chi connectivity index (χ1) is 12.2. The third kappa shape index (κ3) is 4.86. The van der Waals surface area contributed by atoms with Gasteiger partial charge in [0, 0.05) is 35.8 Å². The molecule has 124 valence electrons. The molecule has 4 heteroatoms. The van der Waals surface area contributed by atoms with Gasteiger partial charge in [-0.05, 0) is 6.42 Å². The fourth-order valence-corrected chi connectivity index (χ4v) is 2.81.